The summed E-state index contributed by atoms with van der Waals surface area (Å²) in [5.74, 6) is 0.520. The molecule has 2 aliphatic rings. The van der Waals surface area contributed by atoms with Gasteiger partial charge in [-0.05, 0) is 38.8 Å². The molecule has 9 heteroatoms. The van der Waals surface area contributed by atoms with Crippen molar-refractivity contribution in [2.75, 3.05) is 18.4 Å². The van der Waals surface area contributed by atoms with E-state index in [-0.39, 0.29) is 18.3 Å². The van der Waals surface area contributed by atoms with Gasteiger partial charge in [-0.15, -0.1) is 17.5 Å². The minimum absolute atomic E-state index is 0. The molecule has 3 heterocycles. The van der Waals surface area contributed by atoms with Crippen LogP contribution in [0.2, 0.25) is 0 Å². The van der Waals surface area contributed by atoms with Crippen LogP contribution in [0, 0.1) is 0 Å². The van der Waals surface area contributed by atoms with Gasteiger partial charge in [0.1, 0.15) is 5.82 Å². The van der Waals surface area contributed by atoms with Crippen LogP contribution in [0.15, 0.2) is 18.5 Å². The Morgan fingerprint density at radius 1 is 1.12 bits per heavy atom. The highest BCUT2D eigenvalue weighted by atomic mass is 35.5. The number of hydrogen-bond acceptors (Lipinski definition) is 5. The molecular weight excluding hydrogens is 354 g/mol. The average molecular weight is 380 g/mol. The van der Waals surface area contributed by atoms with Crippen LogP contribution >= 0.6 is 12.4 Å². The predicted octanol–water partition coefficient (Wildman–Crippen LogP) is 2.58. The van der Waals surface area contributed by atoms with Crippen molar-refractivity contribution >= 4 is 24.1 Å². The van der Waals surface area contributed by atoms with Gasteiger partial charge in [0.25, 0.3) is 5.91 Å². The minimum Gasteiger partial charge on any atom is -0.317 e. The molecule has 1 aliphatic carbocycles. The molecule has 26 heavy (non-hydrogen) atoms. The van der Waals surface area contributed by atoms with Gasteiger partial charge in [-0.3, -0.25) is 4.79 Å². The van der Waals surface area contributed by atoms with Gasteiger partial charge >= 0.3 is 0 Å². The molecule has 1 saturated heterocycles. The van der Waals surface area contributed by atoms with E-state index < -0.39 is 0 Å². The summed E-state index contributed by atoms with van der Waals surface area (Å²) < 4.78 is 3.78. The van der Waals surface area contributed by atoms with Gasteiger partial charge in [-0.1, -0.05) is 24.5 Å². The Kier molecular flexibility index (Phi) is 6.26. The van der Waals surface area contributed by atoms with Gasteiger partial charge in [-0.2, -0.15) is 5.10 Å². The van der Waals surface area contributed by atoms with E-state index >= 15 is 0 Å². The smallest absolute Gasteiger partial charge is 0.278 e. The number of nitrogens with zero attached hydrogens (tertiary/aromatic N) is 5. The van der Waals surface area contributed by atoms with Crippen LogP contribution in [0.3, 0.4) is 0 Å². The van der Waals surface area contributed by atoms with Gasteiger partial charge in [0, 0.05) is 6.07 Å². The van der Waals surface area contributed by atoms with Gasteiger partial charge in [0.2, 0.25) is 0 Å². The van der Waals surface area contributed by atoms with E-state index in [1.165, 1.54) is 19.3 Å². The Morgan fingerprint density at radius 2 is 1.88 bits per heavy atom. The molecule has 0 atom stereocenters. The normalized spacial score (nSPS) is 19.1. The average Bonchev–Trinajstić information content (AvgIpc) is 3.33. The van der Waals surface area contributed by atoms with Crippen molar-refractivity contribution in [3.05, 3.63) is 24.2 Å². The SMILES string of the molecule is Cl.O=C(Nc1ccnn1C1CCCCC1)c1cn(C2CCNCC2)nn1. The fraction of sp³-hybridized carbons (Fsp3) is 0.647. The maximum atomic E-state index is 12.6. The third-order valence-electron chi connectivity index (χ3n) is 5.26. The number of carbonyl (C=O) groups is 1. The molecule has 1 saturated carbocycles. The zero-order chi connectivity index (χ0) is 17.1. The topological polar surface area (TPSA) is 89.7 Å². The summed E-state index contributed by atoms with van der Waals surface area (Å²) in [5.41, 5.74) is 0.356. The van der Waals surface area contributed by atoms with Gasteiger partial charge in [0.15, 0.2) is 5.69 Å². The monoisotopic (exact) mass is 379 g/mol. The summed E-state index contributed by atoms with van der Waals surface area (Å²) in [4.78, 5) is 12.6. The molecule has 0 unspecified atom stereocenters. The summed E-state index contributed by atoms with van der Waals surface area (Å²) in [6, 6.07) is 2.55. The molecule has 1 amide bonds. The Bertz CT molecular complexity index is 716. The van der Waals surface area contributed by atoms with Gasteiger partial charge in [0.05, 0.1) is 24.5 Å². The second-order valence-electron chi connectivity index (χ2n) is 6.97. The van der Waals surface area contributed by atoms with Crippen LogP contribution in [-0.2, 0) is 0 Å². The summed E-state index contributed by atoms with van der Waals surface area (Å²) in [5, 5.41) is 18.9. The lowest BCUT2D eigenvalue weighted by Gasteiger charge is -2.23. The molecule has 2 N–H and O–H groups in total. The molecule has 1 aliphatic heterocycles. The number of hydrogen-bond donors (Lipinski definition) is 2. The lowest BCUT2D eigenvalue weighted by Crippen LogP contribution is -2.29. The maximum absolute atomic E-state index is 12.6. The maximum Gasteiger partial charge on any atom is 0.278 e. The van der Waals surface area contributed by atoms with Gasteiger partial charge in [-0.25, -0.2) is 9.36 Å². The second-order valence-corrected chi connectivity index (χ2v) is 6.97. The van der Waals surface area contributed by atoms with E-state index in [1.54, 1.807) is 12.4 Å². The lowest BCUT2D eigenvalue weighted by atomic mass is 9.96. The Balaban J connectivity index is 0.00000196. The largest absolute Gasteiger partial charge is 0.317 e. The summed E-state index contributed by atoms with van der Waals surface area (Å²) >= 11 is 0. The van der Waals surface area contributed by atoms with Crippen molar-refractivity contribution in [3.8, 4) is 0 Å². The Hall–Kier alpha value is -1.93. The summed E-state index contributed by atoms with van der Waals surface area (Å²) in [7, 11) is 0. The number of nitrogens with one attached hydrogen (secondary N) is 2. The molecule has 142 valence electrons. The molecule has 2 fully saturated rings. The van der Waals surface area contributed by atoms with Crippen LogP contribution in [-0.4, -0.2) is 43.8 Å². The summed E-state index contributed by atoms with van der Waals surface area (Å²) in [6.45, 7) is 1.96. The van der Waals surface area contributed by atoms with Crippen LogP contribution < -0.4 is 10.6 Å². The van der Waals surface area contributed by atoms with Crippen molar-refractivity contribution in [1.29, 1.82) is 0 Å². The lowest BCUT2D eigenvalue weighted by molar-refractivity contribution is 0.102. The molecule has 0 radical (unpaired) electrons. The van der Waals surface area contributed by atoms with E-state index in [0.717, 1.165) is 44.6 Å². The molecule has 0 spiro atoms. The predicted molar refractivity (Wildman–Crippen MR) is 101 cm³/mol. The third kappa shape index (κ3) is 4.07. The first kappa shape index (κ1) is 18.8. The minimum atomic E-state index is -0.224. The quantitative estimate of drug-likeness (QED) is 0.852. The van der Waals surface area contributed by atoms with Crippen LogP contribution in [0.4, 0.5) is 5.82 Å². The number of rotatable bonds is 4. The van der Waals surface area contributed by atoms with E-state index in [0.29, 0.717) is 17.8 Å². The summed E-state index contributed by atoms with van der Waals surface area (Å²) in [6.07, 6.45) is 11.5. The number of halogens is 1. The van der Waals surface area contributed by atoms with Crippen molar-refractivity contribution in [2.45, 2.75) is 57.0 Å². The van der Waals surface area contributed by atoms with Crippen molar-refractivity contribution in [1.82, 2.24) is 30.1 Å². The van der Waals surface area contributed by atoms with E-state index in [9.17, 15) is 4.79 Å². The Morgan fingerprint density at radius 3 is 2.65 bits per heavy atom. The second kappa shape index (κ2) is 8.64. The van der Waals surface area contributed by atoms with E-state index in [2.05, 4.69) is 26.0 Å². The molecule has 2 aromatic rings. The fourth-order valence-electron chi connectivity index (χ4n) is 3.84. The molecule has 0 aromatic carbocycles. The first-order valence-electron chi connectivity index (χ1n) is 9.28. The number of piperidine rings is 1. The number of aromatic nitrogens is 5. The first-order chi connectivity index (χ1) is 12.3. The number of amides is 1. The zero-order valence-corrected chi connectivity index (χ0v) is 15.6. The molecule has 8 nitrogen and oxygen atoms in total. The van der Waals surface area contributed by atoms with Gasteiger partial charge < -0.3 is 10.6 Å². The number of carbonyl (C=O) groups excluding carboxylic acids is 1. The standard InChI is InChI=1S/C17H25N7O.ClH/c25-17(15-12-23(22-21-15)13-6-9-18-10-7-13)20-16-8-11-19-24(16)14-4-2-1-3-5-14;/h8,11-14,18H,1-7,9-10H2,(H,20,25);1H. The Labute approximate surface area is 159 Å². The highest BCUT2D eigenvalue weighted by molar-refractivity contribution is 6.02. The zero-order valence-electron chi connectivity index (χ0n) is 14.8. The number of anilines is 1. The fourth-order valence-corrected chi connectivity index (χ4v) is 3.84. The molecule has 4 rings (SSSR count). The van der Waals surface area contributed by atoms with Crippen molar-refractivity contribution < 1.29 is 4.79 Å². The molecular formula is C17H26ClN7O. The van der Waals surface area contributed by atoms with Crippen molar-refractivity contribution in [3.63, 3.8) is 0 Å². The molecule has 0 bridgehead atoms. The van der Waals surface area contributed by atoms with Crippen LogP contribution in [0.25, 0.3) is 0 Å². The van der Waals surface area contributed by atoms with E-state index in [4.69, 9.17) is 0 Å². The molecule has 2 aromatic heterocycles. The van der Waals surface area contributed by atoms with Crippen LogP contribution in [0.1, 0.15) is 67.5 Å². The third-order valence-corrected chi connectivity index (χ3v) is 5.26. The van der Waals surface area contributed by atoms with E-state index in [1.807, 2.05) is 15.4 Å². The van der Waals surface area contributed by atoms with Crippen LogP contribution in [0.5, 0.6) is 0 Å². The first-order valence-corrected chi connectivity index (χ1v) is 9.28. The van der Waals surface area contributed by atoms with Crippen molar-refractivity contribution in [2.24, 2.45) is 0 Å². The highest BCUT2D eigenvalue weighted by Gasteiger charge is 2.22. The highest BCUT2D eigenvalue weighted by Crippen LogP contribution is 2.30.